The van der Waals surface area contributed by atoms with Gasteiger partial charge in [-0.15, -0.1) is 11.3 Å². The maximum Gasteiger partial charge on any atom is 0.346 e. The number of hydrogen-bond donors (Lipinski definition) is 1. The van der Waals surface area contributed by atoms with Gasteiger partial charge in [0.15, 0.2) is 0 Å². The SMILES string of the molecule is Cc1c(C(=O)O)sc(C(C)(C)C)c1Br. The molecule has 0 aliphatic rings. The third-order valence-corrected chi connectivity index (χ3v) is 4.91. The summed E-state index contributed by atoms with van der Waals surface area (Å²) in [4.78, 5) is 12.4. The minimum Gasteiger partial charge on any atom is -0.477 e. The molecule has 1 aromatic heterocycles. The van der Waals surface area contributed by atoms with Crippen LogP contribution in [0.4, 0.5) is 0 Å². The molecule has 4 heteroatoms. The van der Waals surface area contributed by atoms with Crippen LogP contribution in [0.3, 0.4) is 0 Å². The second kappa shape index (κ2) is 3.66. The smallest absolute Gasteiger partial charge is 0.346 e. The Morgan fingerprint density at radius 1 is 1.43 bits per heavy atom. The van der Waals surface area contributed by atoms with Crippen LogP contribution in [0.1, 0.15) is 40.9 Å². The van der Waals surface area contributed by atoms with E-state index in [-0.39, 0.29) is 5.41 Å². The molecule has 1 heterocycles. The first kappa shape index (κ1) is 11.7. The van der Waals surface area contributed by atoms with Gasteiger partial charge in [0.05, 0.1) is 0 Å². The zero-order valence-corrected chi connectivity index (χ0v) is 11.0. The summed E-state index contributed by atoms with van der Waals surface area (Å²) in [7, 11) is 0. The molecule has 0 saturated heterocycles. The highest BCUT2D eigenvalue weighted by atomic mass is 79.9. The molecule has 78 valence electrons. The van der Waals surface area contributed by atoms with E-state index < -0.39 is 5.97 Å². The third kappa shape index (κ3) is 2.01. The van der Waals surface area contributed by atoms with Crippen LogP contribution in [-0.2, 0) is 5.41 Å². The average Bonchev–Trinajstić information content (AvgIpc) is 2.28. The van der Waals surface area contributed by atoms with Gasteiger partial charge in [0, 0.05) is 9.35 Å². The third-order valence-electron chi connectivity index (χ3n) is 1.95. The van der Waals surface area contributed by atoms with Crippen LogP contribution in [0.15, 0.2) is 4.47 Å². The number of halogens is 1. The van der Waals surface area contributed by atoms with E-state index in [1.165, 1.54) is 11.3 Å². The van der Waals surface area contributed by atoms with Gasteiger partial charge < -0.3 is 5.11 Å². The van der Waals surface area contributed by atoms with Crippen molar-refractivity contribution in [3.63, 3.8) is 0 Å². The Balaban J connectivity index is 3.37. The fourth-order valence-corrected chi connectivity index (χ4v) is 3.44. The fraction of sp³-hybridized carbons (Fsp3) is 0.500. The molecule has 0 amide bonds. The summed E-state index contributed by atoms with van der Waals surface area (Å²) in [6.45, 7) is 8.07. The lowest BCUT2D eigenvalue weighted by Gasteiger charge is -2.16. The number of carboxylic acids is 1. The van der Waals surface area contributed by atoms with Gasteiger partial charge in [0.2, 0.25) is 0 Å². The van der Waals surface area contributed by atoms with Crippen molar-refractivity contribution in [2.45, 2.75) is 33.1 Å². The summed E-state index contributed by atoms with van der Waals surface area (Å²) in [6.07, 6.45) is 0. The standard InChI is InChI=1S/C10H13BrO2S/c1-5-6(11)8(10(2,3)4)14-7(5)9(12)13/h1-4H3,(H,12,13). The summed E-state index contributed by atoms with van der Waals surface area (Å²) in [5.74, 6) is -0.844. The first-order chi connectivity index (χ1) is 6.25. The molecule has 0 aliphatic carbocycles. The first-order valence-electron chi connectivity index (χ1n) is 4.27. The van der Waals surface area contributed by atoms with Crippen molar-refractivity contribution in [2.75, 3.05) is 0 Å². The second-order valence-corrected chi connectivity index (χ2v) is 6.07. The number of rotatable bonds is 1. The van der Waals surface area contributed by atoms with Crippen molar-refractivity contribution < 1.29 is 9.90 Å². The van der Waals surface area contributed by atoms with Crippen LogP contribution in [0.5, 0.6) is 0 Å². The van der Waals surface area contributed by atoms with Gasteiger partial charge in [-0.2, -0.15) is 0 Å². The second-order valence-electron chi connectivity index (χ2n) is 4.25. The summed E-state index contributed by atoms with van der Waals surface area (Å²) >= 11 is 4.81. The minimum atomic E-state index is -0.844. The van der Waals surface area contributed by atoms with E-state index in [0.29, 0.717) is 4.88 Å². The van der Waals surface area contributed by atoms with Gasteiger partial charge in [-0.3, -0.25) is 0 Å². The first-order valence-corrected chi connectivity index (χ1v) is 5.88. The van der Waals surface area contributed by atoms with Crippen LogP contribution in [0.2, 0.25) is 0 Å². The molecular formula is C10H13BrO2S. The Morgan fingerprint density at radius 3 is 2.14 bits per heavy atom. The Kier molecular flexibility index (Phi) is 3.07. The van der Waals surface area contributed by atoms with E-state index in [9.17, 15) is 4.79 Å². The molecule has 0 spiro atoms. The van der Waals surface area contributed by atoms with Crippen LogP contribution in [0.25, 0.3) is 0 Å². The molecule has 0 saturated carbocycles. The van der Waals surface area contributed by atoms with Crippen molar-refractivity contribution in [3.05, 3.63) is 19.8 Å². The van der Waals surface area contributed by atoms with Crippen LogP contribution >= 0.6 is 27.3 Å². The Bertz CT molecular complexity index is 374. The van der Waals surface area contributed by atoms with E-state index in [4.69, 9.17) is 5.11 Å². The Morgan fingerprint density at radius 2 is 1.93 bits per heavy atom. The Hall–Kier alpha value is -0.350. The summed E-state index contributed by atoms with van der Waals surface area (Å²) < 4.78 is 0.937. The maximum absolute atomic E-state index is 10.9. The molecule has 0 radical (unpaired) electrons. The molecule has 14 heavy (non-hydrogen) atoms. The van der Waals surface area contributed by atoms with E-state index >= 15 is 0 Å². The highest BCUT2D eigenvalue weighted by molar-refractivity contribution is 9.10. The van der Waals surface area contributed by atoms with E-state index in [1.54, 1.807) is 0 Å². The highest BCUT2D eigenvalue weighted by Crippen LogP contribution is 2.40. The molecule has 1 aromatic rings. The van der Waals surface area contributed by atoms with Gasteiger partial charge in [0.1, 0.15) is 4.88 Å². The molecule has 0 bridgehead atoms. The van der Waals surface area contributed by atoms with Crippen molar-refractivity contribution in [1.29, 1.82) is 0 Å². The monoisotopic (exact) mass is 276 g/mol. The lowest BCUT2D eigenvalue weighted by Crippen LogP contribution is -2.09. The van der Waals surface area contributed by atoms with E-state index in [0.717, 1.165) is 14.9 Å². The van der Waals surface area contributed by atoms with Crippen molar-refractivity contribution in [1.82, 2.24) is 0 Å². The molecule has 0 aromatic carbocycles. The number of carbonyl (C=O) groups is 1. The van der Waals surface area contributed by atoms with Gasteiger partial charge in [0.25, 0.3) is 0 Å². The summed E-state index contributed by atoms with van der Waals surface area (Å²) in [5.41, 5.74) is 0.814. The van der Waals surface area contributed by atoms with Crippen molar-refractivity contribution in [3.8, 4) is 0 Å². The largest absolute Gasteiger partial charge is 0.477 e. The predicted molar refractivity (Wildman–Crippen MR) is 62.4 cm³/mol. The quantitative estimate of drug-likeness (QED) is 0.847. The number of carboxylic acid groups (broad SMARTS) is 1. The van der Waals surface area contributed by atoms with Crippen LogP contribution in [-0.4, -0.2) is 11.1 Å². The zero-order chi connectivity index (χ0) is 11.1. The molecule has 0 aliphatic heterocycles. The van der Waals surface area contributed by atoms with E-state index in [1.807, 2.05) is 6.92 Å². The lowest BCUT2D eigenvalue weighted by atomic mass is 9.94. The predicted octanol–water partition coefficient (Wildman–Crippen LogP) is 3.81. The zero-order valence-electron chi connectivity index (χ0n) is 8.64. The molecular weight excluding hydrogens is 264 g/mol. The topological polar surface area (TPSA) is 37.3 Å². The number of thiophene rings is 1. The molecule has 1 rings (SSSR count). The van der Waals surface area contributed by atoms with E-state index in [2.05, 4.69) is 36.7 Å². The normalized spacial score (nSPS) is 11.8. The molecule has 2 nitrogen and oxygen atoms in total. The molecule has 1 N–H and O–H groups in total. The molecule has 0 fully saturated rings. The maximum atomic E-state index is 10.9. The van der Waals surface area contributed by atoms with Gasteiger partial charge in [-0.25, -0.2) is 4.79 Å². The average molecular weight is 277 g/mol. The number of aromatic carboxylic acids is 1. The Labute approximate surface area is 96.1 Å². The van der Waals surface area contributed by atoms with Gasteiger partial charge in [-0.1, -0.05) is 20.8 Å². The summed E-state index contributed by atoms with van der Waals surface area (Å²) in [6, 6.07) is 0. The molecule has 0 unspecified atom stereocenters. The van der Waals surface area contributed by atoms with Gasteiger partial charge >= 0.3 is 5.97 Å². The number of hydrogen-bond acceptors (Lipinski definition) is 2. The van der Waals surface area contributed by atoms with Gasteiger partial charge in [-0.05, 0) is 33.8 Å². The van der Waals surface area contributed by atoms with Crippen molar-refractivity contribution >= 4 is 33.2 Å². The van der Waals surface area contributed by atoms with Crippen molar-refractivity contribution in [2.24, 2.45) is 0 Å². The fourth-order valence-electron chi connectivity index (χ4n) is 1.18. The van der Waals surface area contributed by atoms with Crippen LogP contribution in [0, 0.1) is 6.92 Å². The lowest BCUT2D eigenvalue weighted by molar-refractivity contribution is 0.0701. The summed E-state index contributed by atoms with van der Waals surface area (Å²) in [5, 5.41) is 8.96. The highest BCUT2D eigenvalue weighted by Gasteiger charge is 2.25. The van der Waals surface area contributed by atoms with Crippen LogP contribution < -0.4 is 0 Å². The molecule has 0 atom stereocenters. The minimum absolute atomic E-state index is 0.0119.